The molecule has 1 heterocycles. The predicted molar refractivity (Wildman–Crippen MR) is 21.2 cm³/mol. The first kappa shape index (κ1) is 10.7. The van der Waals surface area contributed by atoms with Crippen LogP contribution < -0.4 is 51.4 Å². The van der Waals surface area contributed by atoms with Gasteiger partial charge in [0.2, 0.25) is 0 Å². The number of nitrogens with zero attached hydrogens (tertiary/aromatic N) is 1. The van der Waals surface area contributed by atoms with Crippen LogP contribution in [-0.4, -0.2) is 10.6 Å². The van der Waals surface area contributed by atoms with Gasteiger partial charge >= 0.3 is 51.4 Å². The summed E-state index contributed by atoms with van der Waals surface area (Å²) in [5.41, 5.74) is 0. The Morgan fingerprint density at radius 2 is 2.29 bits per heavy atom. The van der Waals surface area contributed by atoms with Crippen molar-refractivity contribution in [1.82, 2.24) is 5.16 Å². The van der Waals surface area contributed by atoms with Gasteiger partial charge in [0.15, 0.2) is 0 Å². The van der Waals surface area contributed by atoms with Gasteiger partial charge in [-0.05, 0) is 6.07 Å². The summed E-state index contributed by atoms with van der Waals surface area (Å²) in [7, 11) is 0. The molecule has 0 aliphatic heterocycles. The normalized spacial score (nSPS) is 5.71. The van der Waals surface area contributed by atoms with Crippen molar-refractivity contribution >= 4 is 0 Å². The average molecular weight is 127 g/mol. The van der Waals surface area contributed by atoms with Gasteiger partial charge in [-0.25, -0.2) is 0 Å². The van der Waals surface area contributed by atoms with Gasteiger partial charge in [0, 0.05) is 0 Å². The van der Waals surface area contributed by atoms with Crippen molar-refractivity contribution in [1.29, 1.82) is 0 Å². The van der Waals surface area contributed by atoms with Crippen molar-refractivity contribution in [3.05, 3.63) is 18.5 Å². The predicted octanol–water partition coefficient (Wildman–Crippen LogP) is -3.03. The van der Waals surface area contributed by atoms with E-state index in [1.165, 1.54) is 6.26 Å². The fourth-order valence-corrected chi connectivity index (χ4v) is 0.176. The van der Waals surface area contributed by atoms with Crippen LogP contribution in [-0.2, 0) is 0 Å². The van der Waals surface area contributed by atoms with Gasteiger partial charge < -0.3 is 11.4 Å². The van der Waals surface area contributed by atoms with Crippen molar-refractivity contribution in [2.75, 3.05) is 0 Å². The molecule has 0 bridgehead atoms. The molecule has 36 valence electrons. The van der Waals surface area contributed by atoms with Gasteiger partial charge in [-0.2, -0.15) is 0 Å². The van der Waals surface area contributed by atoms with E-state index < -0.39 is 0 Å². The van der Waals surface area contributed by atoms with Crippen LogP contribution in [0.2, 0.25) is 0 Å². The molecule has 0 fully saturated rings. The average Bonchev–Trinajstić information content (AvgIpc) is 1.76. The van der Waals surface area contributed by atoms with Crippen molar-refractivity contribution in [2.24, 2.45) is 0 Å². The zero-order valence-electron chi connectivity index (χ0n) is 5.09. The van der Waals surface area contributed by atoms with Crippen LogP contribution in [0.15, 0.2) is 23.0 Å². The van der Waals surface area contributed by atoms with Crippen LogP contribution in [0.1, 0.15) is 1.43 Å². The molecule has 0 unspecified atom stereocenters. The fraction of sp³-hybridized carbons (Fsp3) is 0. The molecule has 7 heavy (non-hydrogen) atoms. The fourth-order valence-electron chi connectivity index (χ4n) is 0.176. The van der Waals surface area contributed by atoms with E-state index >= 15 is 0 Å². The van der Waals surface area contributed by atoms with Gasteiger partial charge in [0.05, 0.1) is 6.20 Å². The summed E-state index contributed by atoms with van der Waals surface area (Å²) in [6, 6.07) is 1.72. The third-order valence-corrected chi connectivity index (χ3v) is 0.347. The molecule has 0 amide bonds. The smallest absolute Gasteiger partial charge is 1.00 e. The summed E-state index contributed by atoms with van der Waals surface area (Å²) in [6.45, 7) is 0. The molecular formula is C3H6KNO2. The molecule has 1 aromatic heterocycles. The van der Waals surface area contributed by atoms with Crippen molar-refractivity contribution in [3.63, 3.8) is 0 Å². The van der Waals surface area contributed by atoms with Crippen molar-refractivity contribution < 1.29 is 62.8 Å². The topological polar surface area (TPSA) is 57.5 Å². The first-order valence-corrected chi connectivity index (χ1v) is 1.34. The SMILES string of the molecule is O.[H-].[K+].c1cnoc1. The summed E-state index contributed by atoms with van der Waals surface area (Å²) in [6.07, 6.45) is 3.10. The summed E-state index contributed by atoms with van der Waals surface area (Å²) in [5.74, 6) is 0. The Balaban J connectivity index is -0.0000000833. The minimum atomic E-state index is 0. The molecule has 2 N–H and O–H groups in total. The van der Waals surface area contributed by atoms with E-state index in [2.05, 4.69) is 9.68 Å². The Bertz CT molecular complexity index is 73.8. The minimum absolute atomic E-state index is 0. The van der Waals surface area contributed by atoms with E-state index in [9.17, 15) is 0 Å². The number of rotatable bonds is 0. The van der Waals surface area contributed by atoms with Crippen LogP contribution in [0, 0.1) is 0 Å². The molecule has 0 saturated carbocycles. The second-order valence-corrected chi connectivity index (χ2v) is 0.688. The molecule has 0 aromatic carbocycles. The second kappa shape index (κ2) is 6.81. The Labute approximate surface area is 85.3 Å². The Morgan fingerprint density at radius 1 is 1.57 bits per heavy atom. The largest absolute Gasteiger partial charge is 1.00 e. The third-order valence-electron chi connectivity index (χ3n) is 0.347. The Hall–Kier alpha value is 0.806. The summed E-state index contributed by atoms with van der Waals surface area (Å²) in [4.78, 5) is 0. The van der Waals surface area contributed by atoms with Gasteiger partial charge in [-0.3, -0.25) is 0 Å². The molecule has 0 aliphatic rings. The summed E-state index contributed by atoms with van der Waals surface area (Å²) < 4.78 is 4.33. The van der Waals surface area contributed by atoms with Crippen LogP contribution in [0.5, 0.6) is 0 Å². The molecule has 0 radical (unpaired) electrons. The molecule has 0 aliphatic carbocycles. The Morgan fingerprint density at radius 3 is 2.43 bits per heavy atom. The maximum absolute atomic E-state index is 4.33. The zero-order valence-corrected chi connectivity index (χ0v) is 7.21. The van der Waals surface area contributed by atoms with Gasteiger partial charge in [0.1, 0.15) is 6.26 Å². The quantitative estimate of drug-likeness (QED) is 0.348. The molecule has 0 saturated heterocycles. The third kappa shape index (κ3) is 4.66. The van der Waals surface area contributed by atoms with Crippen LogP contribution in [0.4, 0.5) is 0 Å². The van der Waals surface area contributed by atoms with E-state index in [-0.39, 0.29) is 58.3 Å². The summed E-state index contributed by atoms with van der Waals surface area (Å²) in [5, 5.41) is 3.35. The van der Waals surface area contributed by atoms with Crippen molar-refractivity contribution in [2.45, 2.75) is 0 Å². The molecule has 4 heteroatoms. The maximum atomic E-state index is 4.33. The van der Waals surface area contributed by atoms with E-state index in [1.54, 1.807) is 12.3 Å². The first-order valence-electron chi connectivity index (χ1n) is 1.34. The number of hydrogen-bond donors (Lipinski definition) is 0. The zero-order chi connectivity index (χ0) is 3.54. The van der Waals surface area contributed by atoms with Crippen LogP contribution >= 0.6 is 0 Å². The van der Waals surface area contributed by atoms with Gasteiger partial charge in [0.25, 0.3) is 0 Å². The molecular weight excluding hydrogens is 121 g/mol. The van der Waals surface area contributed by atoms with E-state index in [4.69, 9.17) is 0 Å². The Kier molecular flexibility index (Phi) is 10.4. The van der Waals surface area contributed by atoms with Crippen LogP contribution in [0.3, 0.4) is 0 Å². The minimum Gasteiger partial charge on any atom is -1.00 e. The summed E-state index contributed by atoms with van der Waals surface area (Å²) >= 11 is 0. The van der Waals surface area contributed by atoms with E-state index in [1.807, 2.05) is 0 Å². The standard InChI is InChI=1S/C3H3NO.K.H2O.H/c1-2-4-5-3-1;;;/h1-3H;;1H2;/q;+1;;-1. The van der Waals surface area contributed by atoms with E-state index in [0.717, 1.165) is 0 Å². The monoisotopic (exact) mass is 127 g/mol. The van der Waals surface area contributed by atoms with Crippen LogP contribution in [0.25, 0.3) is 0 Å². The van der Waals surface area contributed by atoms with E-state index in [0.29, 0.717) is 0 Å². The molecule has 0 atom stereocenters. The molecule has 1 rings (SSSR count). The second-order valence-electron chi connectivity index (χ2n) is 0.688. The molecule has 3 nitrogen and oxygen atoms in total. The number of hydrogen-bond acceptors (Lipinski definition) is 2. The van der Waals surface area contributed by atoms with Gasteiger partial charge in [-0.1, -0.05) is 5.16 Å². The molecule has 0 spiro atoms. The number of aromatic nitrogens is 1. The molecule has 1 aromatic rings. The van der Waals surface area contributed by atoms with Gasteiger partial charge in [-0.15, -0.1) is 0 Å². The maximum Gasteiger partial charge on any atom is 1.00 e. The van der Waals surface area contributed by atoms with Crippen molar-refractivity contribution in [3.8, 4) is 0 Å². The first-order chi connectivity index (χ1) is 2.50.